The number of anilines is 1. The lowest BCUT2D eigenvalue weighted by atomic mass is 10.2. The maximum Gasteiger partial charge on any atom is 0.416 e. The Balaban J connectivity index is 2.39. The van der Waals surface area contributed by atoms with Crippen LogP contribution in [0.1, 0.15) is 18.4 Å². The van der Waals surface area contributed by atoms with E-state index in [4.69, 9.17) is 5.26 Å². The van der Waals surface area contributed by atoms with Crippen LogP contribution in [0.25, 0.3) is 0 Å². The highest BCUT2D eigenvalue weighted by atomic mass is 32.2. The van der Waals surface area contributed by atoms with Gasteiger partial charge in [0, 0.05) is 23.7 Å². The molecule has 0 atom stereocenters. The van der Waals surface area contributed by atoms with Gasteiger partial charge in [-0.3, -0.25) is 0 Å². The van der Waals surface area contributed by atoms with Crippen LogP contribution in [0.3, 0.4) is 0 Å². The lowest BCUT2D eigenvalue weighted by Crippen LogP contribution is -2.18. The molecule has 0 bridgehead atoms. The second-order valence-corrected chi connectivity index (χ2v) is 4.96. The normalized spacial score (nSPS) is 15.8. The van der Waals surface area contributed by atoms with E-state index >= 15 is 0 Å². The highest BCUT2D eigenvalue weighted by Crippen LogP contribution is 2.36. The Morgan fingerprint density at radius 2 is 1.83 bits per heavy atom. The van der Waals surface area contributed by atoms with E-state index in [1.165, 1.54) is 0 Å². The van der Waals surface area contributed by atoms with Crippen LogP contribution in [0.4, 0.5) is 18.9 Å². The highest BCUT2D eigenvalue weighted by molar-refractivity contribution is 8.03. The Labute approximate surface area is 107 Å². The Hall–Kier alpha value is -1.35. The van der Waals surface area contributed by atoms with Crippen molar-refractivity contribution in [1.82, 2.24) is 0 Å². The number of rotatable bonds is 2. The van der Waals surface area contributed by atoms with Crippen LogP contribution in [0.5, 0.6) is 0 Å². The van der Waals surface area contributed by atoms with Gasteiger partial charge in [0.25, 0.3) is 0 Å². The van der Waals surface area contributed by atoms with E-state index in [1.54, 1.807) is 6.07 Å². The van der Waals surface area contributed by atoms with Crippen molar-refractivity contribution in [1.29, 1.82) is 5.26 Å². The molecule has 96 valence electrons. The largest absolute Gasteiger partial charge is 0.416 e. The predicted molar refractivity (Wildman–Crippen MR) is 64.4 cm³/mol. The summed E-state index contributed by atoms with van der Waals surface area (Å²) in [6, 6.07) is 3.83. The van der Waals surface area contributed by atoms with E-state index in [1.807, 2.05) is 10.3 Å². The first kappa shape index (κ1) is 13.1. The van der Waals surface area contributed by atoms with Crippen molar-refractivity contribution < 1.29 is 13.2 Å². The van der Waals surface area contributed by atoms with E-state index < -0.39 is 11.7 Å². The van der Waals surface area contributed by atoms with E-state index in [9.17, 15) is 13.2 Å². The summed E-state index contributed by atoms with van der Waals surface area (Å²) >= 11 is 0.757. The molecule has 1 aromatic rings. The molecule has 0 aromatic heterocycles. The Bertz CT molecular complexity index is 473. The monoisotopic (exact) mass is 272 g/mol. The fraction of sp³-hybridized carbons (Fsp3) is 0.417. The smallest absolute Gasteiger partial charge is 0.371 e. The van der Waals surface area contributed by atoms with Gasteiger partial charge in [-0.1, -0.05) is 0 Å². The third-order valence-electron chi connectivity index (χ3n) is 2.85. The molecule has 2 rings (SSSR count). The van der Waals surface area contributed by atoms with Gasteiger partial charge >= 0.3 is 6.18 Å². The summed E-state index contributed by atoms with van der Waals surface area (Å²) in [7, 11) is 0. The molecule has 1 fully saturated rings. The Morgan fingerprint density at radius 1 is 1.17 bits per heavy atom. The molecule has 0 saturated carbocycles. The predicted octanol–water partition coefficient (Wildman–Crippen LogP) is 3.88. The number of thiocyanates is 1. The van der Waals surface area contributed by atoms with Crippen LogP contribution < -0.4 is 4.90 Å². The molecule has 0 aliphatic carbocycles. The van der Waals surface area contributed by atoms with Crippen molar-refractivity contribution in [3.63, 3.8) is 0 Å². The molecule has 0 N–H and O–H groups in total. The summed E-state index contributed by atoms with van der Waals surface area (Å²) in [4.78, 5) is 2.27. The molecular weight excluding hydrogens is 261 g/mol. The average molecular weight is 272 g/mol. The minimum absolute atomic E-state index is 0.342. The quantitative estimate of drug-likeness (QED) is 0.604. The number of hydrogen-bond acceptors (Lipinski definition) is 3. The Kier molecular flexibility index (Phi) is 3.71. The summed E-state index contributed by atoms with van der Waals surface area (Å²) in [5.74, 6) is 0. The first-order valence-corrected chi connectivity index (χ1v) is 6.35. The van der Waals surface area contributed by atoms with Crippen molar-refractivity contribution in [3.8, 4) is 5.40 Å². The van der Waals surface area contributed by atoms with E-state index in [0.717, 1.165) is 49.8 Å². The number of hydrogen-bond donors (Lipinski definition) is 0. The molecule has 6 heteroatoms. The zero-order valence-electron chi connectivity index (χ0n) is 9.50. The zero-order valence-corrected chi connectivity index (χ0v) is 10.3. The molecule has 1 saturated heterocycles. The Morgan fingerprint density at radius 3 is 2.39 bits per heavy atom. The summed E-state index contributed by atoms with van der Waals surface area (Å²) in [5, 5.41) is 10.4. The molecule has 0 radical (unpaired) electrons. The van der Waals surface area contributed by atoms with Gasteiger partial charge in [-0.25, -0.2) is 0 Å². The van der Waals surface area contributed by atoms with E-state index in [2.05, 4.69) is 0 Å². The van der Waals surface area contributed by atoms with Crippen LogP contribution in [-0.2, 0) is 6.18 Å². The van der Waals surface area contributed by atoms with Gasteiger partial charge in [0.2, 0.25) is 0 Å². The zero-order chi connectivity index (χ0) is 13.2. The fourth-order valence-electron chi connectivity index (χ4n) is 2.02. The van der Waals surface area contributed by atoms with Gasteiger partial charge in [-0.2, -0.15) is 18.4 Å². The van der Waals surface area contributed by atoms with Crippen molar-refractivity contribution in [2.75, 3.05) is 18.0 Å². The summed E-state index contributed by atoms with van der Waals surface area (Å²) in [6.07, 6.45) is -2.38. The molecule has 0 amide bonds. The maximum absolute atomic E-state index is 12.8. The molecule has 2 nitrogen and oxygen atoms in total. The molecule has 1 heterocycles. The van der Waals surface area contributed by atoms with Crippen molar-refractivity contribution >= 4 is 17.4 Å². The van der Waals surface area contributed by atoms with Crippen molar-refractivity contribution in [2.45, 2.75) is 23.9 Å². The number of halogens is 3. The first-order valence-electron chi connectivity index (χ1n) is 5.54. The third-order valence-corrected chi connectivity index (χ3v) is 3.42. The third kappa shape index (κ3) is 2.91. The van der Waals surface area contributed by atoms with Crippen LogP contribution in [0, 0.1) is 10.7 Å². The van der Waals surface area contributed by atoms with Gasteiger partial charge in [-0.05, 0) is 42.8 Å². The van der Waals surface area contributed by atoms with E-state index in [-0.39, 0.29) is 0 Å². The summed E-state index contributed by atoms with van der Waals surface area (Å²) in [6.45, 7) is 1.55. The molecule has 18 heavy (non-hydrogen) atoms. The standard InChI is InChI=1S/C12H11F3N2S/c13-12(14,15)9-5-10(17-3-1-2-4-17)7-11(6-9)18-8-16/h5-7H,1-4H2. The molecule has 1 aromatic carbocycles. The van der Waals surface area contributed by atoms with Gasteiger partial charge in [-0.15, -0.1) is 0 Å². The number of nitrogens with zero attached hydrogens (tertiary/aromatic N) is 2. The van der Waals surface area contributed by atoms with Crippen LogP contribution >= 0.6 is 11.8 Å². The topological polar surface area (TPSA) is 27.0 Å². The highest BCUT2D eigenvalue weighted by Gasteiger charge is 2.32. The van der Waals surface area contributed by atoms with Crippen molar-refractivity contribution in [3.05, 3.63) is 23.8 Å². The van der Waals surface area contributed by atoms with Gasteiger partial charge in [0.15, 0.2) is 0 Å². The second-order valence-electron chi connectivity index (χ2n) is 4.10. The fourth-order valence-corrected chi connectivity index (χ4v) is 2.49. The lowest BCUT2D eigenvalue weighted by molar-refractivity contribution is -0.137. The molecule has 1 aliphatic heterocycles. The number of alkyl halides is 3. The van der Waals surface area contributed by atoms with Crippen LogP contribution in [-0.4, -0.2) is 13.1 Å². The molecule has 1 aliphatic rings. The minimum Gasteiger partial charge on any atom is -0.371 e. The lowest BCUT2D eigenvalue weighted by Gasteiger charge is -2.20. The molecular formula is C12H11F3N2S. The van der Waals surface area contributed by atoms with Crippen molar-refractivity contribution in [2.24, 2.45) is 0 Å². The number of benzene rings is 1. The maximum atomic E-state index is 12.8. The summed E-state index contributed by atoms with van der Waals surface area (Å²) < 4.78 is 38.3. The minimum atomic E-state index is -4.37. The van der Waals surface area contributed by atoms with Crippen LogP contribution in [0.15, 0.2) is 23.1 Å². The number of nitriles is 1. The van der Waals surface area contributed by atoms with Gasteiger partial charge in [0.05, 0.1) is 5.56 Å². The van der Waals surface area contributed by atoms with Crippen LogP contribution in [0.2, 0.25) is 0 Å². The van der Waals surface area contributed by atoms with E-state index in [0.29, 0.717) is 10.6 Å². The second kappa shape index (κ2) is 5.11. The summed E-state index contributed by atoms with van der Waals surface area (Å²) in [5.41, 5.74) is -0.135. The molecule has 0 spiro atoms. The SMILES string of the molecule is N#CSc1cc(N2CCCC2)cc(C(F)(F)F)c1. The molecule has 0 unspecified atom stereocenters. The average Bonchev–Trinajstić information content (AvgIpc) is 2.81. The van der Waals surface area contributed by atoms with Gasteiger partial charge < -0.3 is 4.90 Å². The van der Waals surface area contributed by atoms with Gasteiger partial charge in [0.1, 0.15) is 5.40 Å². The first-order chi connectivity index (χ1) is 8.50. The number of thioether (sulfide) groups is 1.